The van der Waals surface area contributed by atoms with E-state index in [1.54, 1.807) is 6.92 Å². The smallest absolute Gasteiger partial charge is 0.315 e. The Hall–Kier alpha value is -0.340. The summed E-state index contributed by atoms with van der Waals surface area (Å²) >= 11 is 0. The van der Waals surface area contributed by atoms with E-state index in [0.29, 0.717) is 6.61 Å². The van der Waals surface area contributed by atoms with E-state index in [9.17, 15) is 9.36 Å². The van der Waals surface area contributed by atoms with E-state index in [4.69, 9.17) is 0 Å². The molecule has 0 heterocycles. The summed E-state index contributed by atoms with van der Waals surface area (Å²) in [5.41, 5.74) is 0. The first-order valence-corrected chi connectivity index (χ1v) is 4.45. The highest BCUT2D eigenvalue weighted by Gasteiger charge is 2.05. The highest BCUT2D eigenvalue weighted by atomic mass is 31.1. The van der Waals surface area contributed by atoms with Crippen molar-refractivity contribution in [3.63, 3.8) is 0 Å². The fourth-order valence-corrected chi connectivity index (χ4v) is 1.21. The van der Waals surface area contributed by atoms with Gasteiger partial charge in [-0.1, -0.05) is 0 Å². The lowest BCUT2D eigenvalue weighted by Crippen LogP contribution is -2.03. The zero-order valence-corrected chi connectivity index (χ0v) is 7.05. The molecule has 5 heteroatoms. The second kappa shape index (κ2) is 5.45. The van der Waals surface area contributed by atoms with Gasteiger partial charge in [-0.15, -0.1) is 0 Å². The average molecular weight is 166 g/mol. The van der Waals surface area contributed by atoms with Crippen LogP contribution in [0.3, 0.4) is 0 Å². The zero-order valence-electron chi connectivity index (χ0n) is 6.05. The van der Waals surface area contributed by atoms with Crippen LogP contribution in [0.4, 0.5) is 0 Å². The maximum Gasteiger partial charge on any atom is 0.315 e. The molecule has 0 aromatic carbocycles. The lowest BCUT2D eigenvalue weighted by Gasteiger charge is -1.98. The van der Waals surface area contributed by atoms with Crippen molar-refractivity contribution in [1.82, 2.24) is 0 Å². The predicted molar refractivity (Wildman–Crippen MR) is 37.5 cm³/mol. The highest BCUT2D eigenvalue weighted by molar-refractivity contribution is 7.40. The van der Waals surface area contributed by atoms with Crippen molar-refractivity contribution in [2.45, 2.75) is 6.92 Å². The van der Waals surface area contributed by atoms with Gasteiger partial charge in [-0.2, -0.15) is 0 Å². The van der Waals surface area contributed by atoms with Gasteiger partial charge in [-0.3, -0.25) is 9.36 Å². The Bertz CT molecular complexity index is 134. The van der Waals surface area contributed by atoms with Crippen molar-refractivity contribution in [3.8, 4) is 0 Å². The first kappa shape index (κ1) is 9.66. The third kappa shape index (κ3) is 4.53. The molecule has 0 fully saturated rings. The number of methoxy groups -OCH3 is 1. The Labute approximate surface area is 60.4 Å². The molecule has 1 unspecified atom stereocenters. The molecule has 0 aromatic heterocycles. The Balaban J connectivity index is 3.47. The van der Waals surface area contributed by atoms with Crippen LogP contribution in [0.2, 0.25) is 0 Å². The molecule has 1 atom stereocenters. The third-order valence-corrected chi connectivity index (χ3v) is 2.01. The quantitative estimate of drug-likeness (QED) is 0.455. The summed E-state index contributed by atoms with van der Waals surface area (Å²) in [6.45, 7) is 2.09. The number of esters is 1. The SMILES string of the molecule is CCO[PH](=O)CC(=O)OC. The molecule has 0 aliphatic heterocycles. The summed E-state index contributed by atoms with van der Waals surface area (Å²) in [7, 11) is -0.923. The summed E-state index contributed by atoms with van der Waals surface area (Å²) in [4.78, 5) is 10.4. The van der Waals surface area contributed by atoms with Crippen LogP contribution in [-0.4, -0.2) is 25.8 Å². The fraction of sp³-hybridized carbons (Fsp3) is 0.800. The summed E-state index contributed by atoms with van der Waals surface area (Å²) in [6.07, 6.45) is -0.116. The summed E-state index contributed by atoms with van der Waals surface area (Å²) in [5, 5.41) is 0. The highest BCUT2D eigenvalue weighted by Crippen LogP contribution is 2.20. The van der Waals surface area contributed by atoms with Crippen LogP contribution in [0.5, 0.6) is 0 Å². The molecule has 0 aromatic rings. The van der Waals surface area contributed by atoms with Gasteiger partial charge < -0.3 is 9.26 Å². The van der Waals surface area contributed by atoms with Crippen LogP contribution >= 0.6 is 8.03 Å². The topological polar surface area (TPSA) is 52.6 Å². The fourth-order valence-electron chi connectivity index (χ4n) is 0.402. The molecule has 0 bridgehead atoms. The Morgan fingerprint density at radius 3 is 2.60 bits per heavy atom. The second-order valence-electron chi connectivity index (χ2n) is 1.56. The van der Waals surface area contributed by atoms with Gasteiger partial charge in [0.25, 0.3) is 0 Å². The normalized spacial score (nSPS) is 12.6. The number of hydrogen-bond acceptors (Lipinski definition) is 4. The number of ether oxygens (including phenoxy) is 1. The van der Waals surface area contributed by atoms with Crippen LogP contribution in [0.1, 0.15) is 6.92 Å². The molecule has 10 heavy (non-hydrogen) atoms. The minimum atomic E-state index is -2.18. The van der Waals surface area contributed by atoms with E-state index in [0.717, 1.165) is 0 Å². The number of carbonyl (C=O) groups is 1. The maximum absolute atomic E-state index is 10.7. The van der Waals surface area contributed by atoms with Gasteiger partial charge in [0.05, 0.1) is 13.7 Å². The largest absolute Gasteiger partial charge is 0.469 e. The van der Waals surface area contributed by atoms with E-state index < -0.39 is 14.0 Å². The monoisotopic (exact) mass is 166 g/mol. The first-order valence-electron chi connectivity index (χ1n) is 2.93. The van der Waals surface area contributed by atoms with Gasteiger partial charge >= 0.3 is 5.97 Å². The minimum Gasteiger partial charge on any atom is -0.469 e. The molecule has 0 N–H and O–H groups in total. The number of hydrogen-bond donors (Lipinski definition) is 0. The number of rotatable bonds is 4. The Morgan fingerprint density at radius 2 is 2.20 bits per heavy atom. The minimum absolute atomic E-state index is 0.116. The van der Waals surface area contributed by atoms with Gasteiger partial charge in [0, 0.05) is 0 Å². The molecule has 0 radical (unpaired) electrons. The standard InChI is InChI=1S/C5H11O4P/c1-3-9-10(7)4-5(6)8-2/h10H,3-4H2,1-2H3. The molecule has 0 saturated carbocycles. The zero-order chi connectivity index (χ0) is 7.98. The molecule has 0 aliphatic rings. The maximum atomic E-state index is 10.7. The lowest BCUT2D eigenvalue weighted by molar-refractivity contribution is -0.137. The summed E-state index contributed by atoms with van der Waals surface area (Å²) in [6, 6.07) is 0. The van der Waals surface area contributed by atoms with Gasteiger partial charge in [0.1, 0.15) is 6.16 Å². The van der Waals surface area contributed by atoms with Crippen molar-refractivity contribution in [2.75, 3.05) is 19.9 Å². The molecule has 0 amide bonds. The van der Waals surface area contributed by atoms with Gasteiger partial charge in [-0.25, -0.2) is 0 Å². The van der Waals surface area contributed by atoms with Crippen LogP contribution in [0.25, 0.3) is 0 Å². The van der Waals surface area contributed by atoms with E-state index in [-0.39, 0.29) is 6.16 Å². The molecule has 0 saturated heterocycles. The molecular formula is C5H11O4P. The lowest BCUT2D eigenvalue weighted by atomic mass is 10.8. The molecule has 60 valence electrons. The van der Waals surface area contributed by atoms with Crippen LogP contribution in [0, 0.1) is 0 Å². The van der Waals surface area contributed by atoms with Crippen molar-refractivity contribution in [1.29, 1.82) is 0 Å². The first-order chi connectivity index (χ1) is 4.70. The predicted octanol–water partition coefficient (Wildman–Crippen LogP) is 0.671. The van der Waals surface area contributed by atoms with Crippen LogP contribution < -0.4 is 0 Å². The Morgan fingerprint density at radius 1 is 1.60 bits per heavy atom. The molecule has 4 nitrogen and oxygen atoms in total. The molecule has 0 spiro atoms. The van der Waals surface area contributed by atoms with Gasteiger partial charge in [0.2, 0.25) is 8.03 Å². The second-order valence-corrected chi connectivity index (χ2v) is 2.94. The van der Waals surface area contributed by atoms with E-state index >= 15 is 0 Å². The van der Waals surface area contributed by atoms with Crippen molar-refractivity contribution >= 4 is 14.0 Å². The molecular weight excluding hydrogens is 155 g/mol. The Kier molecular flexibility index (Phi) is 5.26. The van der Waals surface area contributed by atoms with Gasteiger partial charge in [0.15, 0.2) is 0 Å². The van der Waals surface area contributed by atoms with Gasteiger partial charge in [-0.05, 0) is 6.92 Å². The van der Waals surface area contributed by atoms with E-state index in [1.165, 1.54) is 7.11 Å². The summed E-state index contributed by atoms with van der Waals surface area (Å²) < 4.78 is 19.6. The van der Waals surface area contributed by atoms with Crippen molar-refractivity contribution < 1.29 is 18.6 Å². The van der Waals surface area contributed by atoms with Crippen LogP contribution in [-0.2, 0) is 18.6 Å². The summed E-state index contributed by atoms with van der Waals surface area (Å²) in [5.74, 6) is -0.489. The third-order valence-electron chi connectivity index (χ3n) is 0.822. The van der Waals surface area contributed by atoms with Crippen molar-refractivity contribution in [3.05, 3.63) is 0 Å². The molecule has 0 aliphatic carbocycles. The number of carbonyl (C=O) groups excluding carboxylic acids is 1. The van der Waals surface area contributed by atoms with E-state index in [2.05, 4.69) is 9.26 Å². The van der Waals surface area contributed by atoms with E-state index in [1.807, 2.05) is 0 Å². The molecule has 0 rings (SSSR count). The average Bonchev–Trinajstić information content (AvgIpc) is 1.88. The van der Waals surface area contributed by atoms with Crippen molar-refractivity contribution in [2.24, 2.45) is 0 Å². The van der Waals surface area contributed by atoms with Crippen LogP contribution in [0.15, 0.2) is 0 Å².